The van der Waals surface area contributed by atoms with Crippen LogP contribution >= 0.6 is 0 Å². The van der Waals surface area contributed by atoms with Gasteiger partial charge in [0, 0.05) is 6.42 Å². The van der Waals surface area contributed by atoms with Crippen molar-refractivity contribution in [3.8, 4) is 0 Å². The highest BCUT2D eigenvalue weighted by Gasteiger charge is 2.15. The summed E-state index contributed by atoms with van der Waals surface area (Å²) in [6.45, 7) is 2.27. The number of hydrogen-bond donors (Lipinski definition) is 0. The topological polar surface area (TPSA) is 13.1 Å². The van der Waals surface area contributed by atoms with Crippen molar-refractivity contribution in [3.63, 3.8) is 0 Å². The fourth-order valence-electron chi connectivity index (χ4n) is 2.87. The molecule has 1 aliphatic carbocycles. The molecular formula is C16H26O. The summed E-state index contributed by atoms with van der Waals surface area (Å²) in [4.78, 5) is 0. The molecule has 1 heteroatoms. The molecule has 0 atom stereocenters. The van der Waals surface area contributed by atoms with Gasteiger partial charge in [0.25, 0.3) is 0 Å². The van der Waals surface area contributed by atoms with Crippen molar-refractivity contribution in [3.05, 3.63) is 23.2 Å². The van der Waals surface area contributed by atoms with Crippen molar-refractivity contribution in [1.82, 2.24) is 0 Å². The lowest BCUT2D eigenvalue weighted by Gasteiger charge is -2.02. The summed E-state index contributed by atoms with van der Waals surface area (Å²) < 4.78 is 5.78. The second-order valence-corrected chi connectivity index (χ2v) is 5.39. The molecule has 1 nitrogen and oxygen atoms in total. The largest absolute Gasteiger partial charge is 0.469 e. The highest BCUT2D eigenvalue weighted by molar-refractivity contribution is 5.29. The highest BCUT2D eigenvalue weighted by Crippen LogP contribution is 2.26. The van der Waals surface area contributed by atoms with E-state index in [4.69, 9.17) is 4.42 Å². The molecule has 0 aliphatic heterocycles. The zero-order chi connectivity index (χ0) is 11.9. The van der Waals surface area contributed by atoms with Crippen LogP contribution in [-0.4, -0.2) is 0 Å². The Balaban J connectivity index is 1.82. The molecule has 0 unspecified atom stereocenters. The Hall–Kier alpha value is -0.720. The predicted molar refractivity (Wildman–Crippen MR) is 72.4 cm³/mol. The molecule has 0 amide bonds. The minimum atomic E-state index is 1.17. The van der Waals surface area contributed by atoms with Crippen molar-refractivity contribution in [2.24, 2.45) is 0 Å². The second-order valence-electron chi connectivity index (χ2n) is 5.39. The number of aryl methyl sites for hydroxylation is 2. The summed E-state index contributed by atoms with van der Waals surface area (Å²) in [5.74, 6) is 1.30. The Bertz CT molecular complexity index is 324. The van der Waals surface area contributed by atoms with Crippen LogP contribution in [-0.2, 0) is 19.3 Å². The zero-order valence-electron chi connectivity index (χ0n) is 11.3. The lowest BCUT2D eigenvalue weighted by atomic mass is 10.0. The maximum Gasteiger partial charge on any atom is 0.107 e. The Morgan fingerprint density at radius 3 is 2.71 bits per heavy atom. The number of hydrogen-bond acceptors (Lipinski definition) is 1. The van der Waals surface area contributed by atoms with Crippen molar-refractivity contribution in [1.29, 1.82) is 0 Å². The molecule has 96 valence electrons. The Morgan fingerprint density at radius 1 is 1.00 bits per heavy atom. The third kappa shape index (κ3) is 3.62. The molecule has 2 rings (SSSR count). The van der Waals surface area contributed by atoms with Gasteiger partial charge in [-0.05, 0) is 43.2 Å². The van der Waals surface area contributed by atoms with Crippen LogP contribution in [0.3, 0.4) is 0 Å². The van der Waals surface area contributed by atoms with Crippen molar-refractivity contribution < 1.29 is 4.42 Å². The summed E-state index contributed by atoms with van der Waals surface area (Å²) in [5.41, 5.74) is 3.07. The number of unbranched alkanes of at least 4 members (excludes halogenated alkanes) is 4. The summed E-state index contributed by atoms with van der Waals surface area (Å²) in [6, 6.07) is 0. The number of rotatable bonds is 6. The minimum Gasteiger partial charge on any atom is -0.469 e. The van der Waals surface area contributed by atoms with Crippen LogP contribution < -0.4 is 0 Å². The average molecular weight is 234 g/mol. The Labute approximate surface area is 106 Å². The van der Waals surface area contributed by atoms with Crippen LogP contribution in [0.15, 0.2) is 10.7 Å². The van der Waals surface area contributed by atoms with Gasteiger partial charge < -0.3 is 4.42 Å². The molecule has 0 radical (unpaired) electrons. The van der Waals surface area contributed by atoms with Gasteiger partial charge in [0.15, 0.2) is 0 Å². The standard InChI is InChI=1S/C16H26O/c1-2-3-4-5-9-12-16-15-11-8-6-7-10-14(15)13-17-16/h13H,2-12H2,1H3. The van der Waals surface area contributed by atoms with E-state index in [-0.39, 0.29) is 0 Å². The predicted octanol–water partition coefficient (Wildman–Crippen LogP) is 5.06. The van der Waals surface area contributed by atoms with E-state index < -0.39 is 0 Å². The summed E-state index contributed by atoms with van der Waals surface area (Å²) in [7, 11) is 0. The maximum atomic E-state index is 5.78. The Morgan fingerprint density at radius 2 is 1.82 bits per heavy atom. The lowest BCUT2D eigenvalue weighted by Crippen LogP contribution is -1.92. The summed E-state index contributed by atoms with van der Waals surface area (Å²) >= 11 is 0. The zero-order valence-corrected chi connectivity index (χ0v) is 11.3. The van der Waals surface area contributed by atoms with E-state index in [1.54, 1.807) is 5.56 Å². The number of fused-ring (bicyclic) bond motifs is 1. The highest BCUT2D eigenvalue weighted by atomic mass is 16.3. The van der Waals surface area contributed by atoms with E-state index in [1.165, 1.54) is 82.0 Å². The molecular weight excluding hydrogens is 208 g/mol. The first-order chi connectivity index (χ1) is 8.42. The fraction of sp³-hybridized carbons (Fsp3) is 0.750. The molecule has 0 spiro atoms. The first-order valence-electron chi connectivity index (χ1n) is 7.50. The minimum absolute atomic E-state index is 1.17. The molecule has 0 fully saturated rings. The monoisotopic (exact) mass is 234 g/mol. The summed E-state index contributed by atoms with van der Waals surface area (Å²) in [6.07, 6.45) is 16.6. The average Bonchev–Trinajstić information content (AvgIpc) is 2.59. The van der Waals surface area contributed by atoms with E-state index in [0.29, 0.717) is 0 Å². The quantitative estimate of drug-likeness (QED) is 0.495. The lowest BCUT2D eigenvalue weighted by molar-refractivity contribution is 0.484. The molecule has 0 bridgehead atoms. The molecule has 1 aromatic rings. The fourth-order valence-corrected chi connectivity index (χ4v) is 2.87. The molecule has 0 N–H and O–H groups in total. The van der Waals surface area contributed by atoms with Crippen molar-refractivity contribution >= 4 is 0 Å². The van der Waals surface area contributed by atoms with Crippen molar-refractivity contribution in [2.45, 2.75) is 77.6 Å². The number of furan rings is 1. The molecule has 17 heavy (non-hydrogen) atoms. The molecule has 1 aliphatic rings. The van der Waals surface area contributed by atoms with E-state index >= 15 is 0 Å². The molecule has 0 saturated heterocycles. The van der Waals surface area contributed by atoms with Crippen molar-refractivity contribution in [2.75, 3.05) is 0 Å². The SMILES string of the molecule is CCCCCCCc1occ2c1CCCCC2. The third-order valence-corrected chi connectivity index (χ3v) is 3.95. The van der Waals surface area contributed by atoms with Crippen LogP contribution in [0.2, 0.25) is 0 Å². The first-order valence-corrected chi connectivity index (χ1v) is 7.50. The molecule has 1 aromatic heterocycles. The van der Waals surface area contributed by atoms with Crippen LogP contribution in [0.5, 0.6) is 0 Å². The molecule has 1 heterocycles. The van der Waals surface area contributed by atoms with Crippen LogP contribution in [0, 0.1) is 0 Å². The van der Waals surface area contributed by atoms with E-state index in [2.05, 4.69) is 6.92 Å². The molecule has 0 saturated carbocycles. The van der Waals surface area contributed by atoms with Crippen LogP contribution in [0.4, 0.5) is 0 Å². The second kappa shape index (κ2) is 6.88. The van der Waals surface area contributed by atoms with E-state index in [9.17, 15) is 0 Å². The van der Waals surface area contributed by atoms with Gasteiger partial charge in [0.1, 0.15) is 5.76 Å². The van der Waals surface area contributed by atoms with Gasteiger partial charge in [0.05, 0.1) is 6.26 Å². The van der Waals surface area contributed by atoms with Gasteiger partial charge in [-0.1, -0.05) is 39.0 Å². The van der Waals surface area contributed by atoms with Gasteiger partial charge >= 0.3 is 0 Å². The van der Waals surface area contributed by atoms with Gasteiger partial charge in [-0.2, -0.15) is 0 Å². The van der Waals surface area contributed by atoms with E-state index in [0.717, 1.165) is 0 Å². The maximum absolute atomic E-state index is 5.78. The van der Waals surface area contributed by atoms with E-state index in [1.807, 2.05) is 6.26 Å². The van der Waals surface area contributed by atoms with Gasteiger partial charge in [-0.3, -0.25) is 0 Å². The summed E-state index contributed by atoms with van der Waals surface area (Å²) in [5, 5.41) is 0. The van der Waals surface area contributed by atoms with Crippen LogP contribution in [0.25, 0.3) is 0 Å². The van der Waals surface area contributed by atoms with Gasteiger partial charge in [-0.15, -0.1) is 0 Å². The molecule has 0 aromatic carbocycles. The normalized spacial score (nSPS) is 15.6. The first kappa shape index (κ1) is 12.7. The smallest absolute Gasteiger partial charge is 0.107 e. The third-order valence-electron chi connectivity index (χ3n) is 3.95. The van der Waals surface area contributed by atoms with Crippen LogP contribution in [0.1, 0.15) is 75.2 Å². The Kier molecular flexibility index (Phi) is 5.15. The van der Waals surface area contributed by atoms with Gasteiger partial charge in [-0.25, -0.2) is 0 Å². The van der Waals surface area contributed by atoms with Gasteiger partial charge in [0.2, 0.25) is 0 Å².